The number of halogens is 1. The molecule has 0 N–H and O–H groups in total. The SMILES string of the molecule is CSOC1[C@@H](c2nnc3ccc(Cl)nn23)O[C@@H]2OC(C)(C)O[C@H]12. The topological polar surface area (TPSA) is 80.0 Å². The monoisotopic (exact) mass is 358 g/mol. The third kappa shape index (κ3) is 2.61. The van der Waals surface area contributed by atoms with Crippen molar-refractivity contribution < 1.29 is 18.4 Å². The van der Waals surface area contributed by atoms with Crippen molar-refractivity contribution in [2.75, 3.05) is 6.26 Å². The Morgan fingerprint density at radius 3 is 2.91 bits per heavy atom. The average Bonchev–Trinajstić information content (AvgIpc) is 3.10. The van der Waals surface area contributed by atoms with Gasteiger partial charge in [0, 0.05) is 6.26 Å². The Labute approximate surface area is 141 Å². The van der Waals surface area contributed by atoms with E-state index >= 15 is 0 Å². The molecule has 0 aliphatic carbocycles. The molecule has 2 fully saturated rings. The minimum atomic E-state index is -0.714. The van der Waals surface area contributed by atoms with E-state index in [4.69, 9.17) is 30.0 Å². The van der Waals surface area contributed by atoms with Crippen LogP contribution in [-0.2, 0) is 18.4 Å². The Balaban J connectivity index is 1.71. The molecule has 23 heavy (non-hydrogen) atoms. The molecule has 2 aliphatic rings. The van der Waals surface area contributed by atoms with E-state index in [1.54, 1.807) is 16.6 Å². The zero-order chi connectivity index (χ0) is 16.2. The molecule has 4 heterocycles. The first kappa shape index (κ1) is 15.6. The summed E-state index contributed by atoms with van der Waals surface area (Å²) in [6.07, 6.45) is 0.0367. The summed E-state index contributed by atoms with van der Waals surface area (Å²) in [6, 6.07) is 3.40. The largest absolute Gasteiger partial charge is 0.339 e. The molecule has 0 amide bonds. The van der Waals surface area contributed by atoms with Crippen molar-refractivity contribution in [2.24, 2.45) is 0 Å². The van der Waals surface area contributed by atoms with Gasteiger partial charge >= 0.3 is 0 Å². The highest BCUT2D eigenvalue weighted by Crippen LogP contribution is 2.45. The Bertz CT molecular complexity index is 742. The Morgan fingerprint density at radius 1 is 1.30 bits per heavy atom. The van der Waals surface area contributed by atoms with Gasteiger partial charge in [-0.25, -0.2) is 0 Å². The second-order valence-electron chi connectivity index (χ2n) is 5.74. The molecule has 2 saturated heterocycles. The van der Waals surface area contributed by atoms with Crippen LogP contribution in [0.3, 0.4) is 0 Å². The van der Waals surface area contributed by atoms with Gasteiger partial charge in [-0.05, 0) is 38.0 Å². The summed E-state index contributed by atoms with van der Waals surface area (Å²) in [7, 11) is 0. The molecule has 0 radical (unpaired) electrons. The average molecular weight is 359 g/mol. The van der Waals surface area contributed by atoms with E-state index in [1.165, 1.54) is 12.0 Å². The van der Waals surface area contributed by atoms with E-state index in [0.717, 1.165) is 0 Å². The standard InChI is InChI=1S/C13H15ClN4O4S/c1-13(2)20-10-8(22-23-3)9(19-12(10)21-13)11-16-15-7-5-4-6(14)17-18(7)11/h4-5,8-10,12H,1-3H3/t8?,9-,10+,12+/m0/s1. The number of hydrogen-bond acceptors (Lipinski definition) is 8. The normalized spacial score (nSPS) is 32.5. The van der Waals surface area contributed by atoms with Crippen LogP contribution < -0.4 is 0 Å². The number of hydrogen-bond donors (Lipinski definition) is 0. The number of aromatic nitrogens is 4. The number of nitrogens with zero attached hydrogens (tertiary/aromatic N) is 4. The van der Waals surface area contributed by atoms with Crippen molar-refractivity contribution in [1.29, 1.82) is 0 Å². The number of fused-ring (bicyclic) bond motifs is 2. The zero-order valence-electron chi connectivity index (χ0n) is 12.7. The van der Waals surface area contributed by atoms with Crippen LogP contribution in [0, 0.1) is 0 Å². The fraction of sp³-hybridized carbons (Fsp3) is 0.615. The van der Waals surface area contributed by atoms with E-state index in [-0.39, 0.29) is 6.10 Å². The molecule has 2 aromatic heterocycles. The lowest BCUT2D eigenvalue weighted by Crippen LogP contribution is -2.33. The predicted octanol–water partition coefficient (Wildman–Crippen LogP) is 1.99. The quantitative estimate of drug-likeness (QED) is 0.771. The Hall–Kier alpha value is -0.970. The minimum absolute atomic E-state index is 0.340. The molecule has 0 saturated carbocycles. The van der Waals surface area contributed by atoms with Crippen LogP contribution in [0.25, 0.3) is 5.65 Å². The summed E-state index contributed by atoms with van der Waals surface area (Å²) >= 11 is 7.21. The predicted molar refractivity (Wildman–Crippen MR) is 81.8 cm³/mol. The maximum Gasteiger partial charge on any atom is 0.190 e. The molecule has 0 aromatic carbocycles. The third-order valence-corrected chi connectivity index (χ3v) is 4.32. The Morgan fingerprint density at radius 2 is 2.13 bits per heavy atom. The molecule has 10 heteroatoms. The van der Waals surface area contributed by atoms with Gasteiger partial charge in [-0.2, -0.15) is 9.61 Å². The van der Waals surface area contributed by atoms with Gasteiger partial charge in [0.2, 0.25) is 0 Å². The van der Waals surface area contributed by atoms with Gasteiger partial charge < -0.3 is 18.4 Å². The molecule has 2 aliphatic heterocycles. The van der Waals surface area contributed by atoms with Crippen LogP contribution in [0.1, 0.15) is 25.8 Å². The fourth-order valence-corrected chi connectivity index (χ4v) is 3.44. The molecule has 8 nitrogen and oxygen atoms in total. The lowest BCUT2D eigenvalue weighted by molar-refractivity contribution is -0.214. The van der Waals surface area contributed by atoms with Crippen LogP contribution in [0.4, 0.5) is 0 Å². The van der Waals surface area contributed by atoms with Crippen molar-refractivity contribution >= 4 is 29.3 Å². The molecule has 0 spiro atoms. The summed E-state index contributed by atoms with van der Waals surface area (Å²) < 4.78 is 25.0. The van der Waals surface area contributed by atoms with E-state index in [0.29, 0.717) is 16.6 Å². The first-order valence-corrected chi connectivity index (χ1v) is 8.60. The lowest BCUT2D eigenvalue weighted by Gasteiger charge is -2.24. The second kappa shape index (κ2) is 5.54. The van der Waals surface area contributed by atoms with Gasteiger partial charge in [-0.1, -0.05) is 11.6 Å². The number of ether oxygens (including phenoxy) is 3. The van der Waals surface area contributed by atoms with Gasteiger partial charge in [-0.15, -0.1) is 10.2 Å². The zero-order valence-corrected chi connectivity index (χ0v) is 14.2. The summed E-state index contributed by atoms with van der Waals surface area (Å²) in [4.78, 5) is 0. The van der Waals surface area contributed by atoms with Gasteiger partial charge in [0.15, 0.2) is 29.7 Å². The third-order valence-electron chi connectivity index (χ3n) is 3.71. The van der Waals surface area contributed by atoms with Gasteiger partial charge in [-0.3, -0.25) is 0 Å². The summed E-state index contributed by atoms with van der Waals surface area (Å²) in [5, 5.41) is 12.8. The van der Waals surface area contributed by atoms with Crippen molar-refractivity contribution in [3.05, 3.63) is 23.1 Å². The highest BCUT2D eigenvalue weighted by molar-refractivity contribution is 7.93. The first-order valence-electron chi connectivity index (χ1n) is 7.07. The van der Waals surface area contributed by atoms with E-state index in [2.05, 4.69) is 15.3 Å². The van der Waals surface area contributed by atoms with Crippen molar-refractivity contribution in [2.45, 2.75) is 44.2 Å². The minimum Gasteiger partial charge on any atom is -0.339 e. The molecular weight excluding hydrogens is 344 g/mol. The summed E-state index contributed by atoms with van der Waals surface area (Å²) in [5.41, 5.74) is 0.579. The highest BCUT2D eigenvalue weighted by atomic mass is 35.5. The van der Waals surface area contributed by atoms with Gasteiger partial charge in [0.05, 0.1) is 0 Å². The smallest absolute Gasteiger partial charge is 0.190 e. The first-order chi connectivity index (χ1) is 11.0. The van der Waals surface area contributed by atoms with Gasteiger partial charge in [0.25, 0.3) is 0 Å². The summed E-state index contributed by atoms with van der Waals surface area (Å²) in [5.74, 6) is -0.213. The molecule has 1 unspecified atom stereocenters. The van der Waals surface area contributed by atoms with Crippen LogP contribution in [0.5, 0.6) is 0 Å². The van der Waals surface area contributed by atoms with E-state index in [9.17, 15) is 0 Å². The van der Waals surface area contributed by atoms with Crippen LogP contribution in [0.2, 0.25) is 5.15 Å². The van der Waals surface area contributed by atoms with E-state index in [1.807, 2.05) is 20.1 Å². The Kier molecular flexibility index (Phi) is 3.74. The maximum atomic E-state index is 5.99. The molecule has 2 aromatic rings. The molecular formula is C13H15ClN4O4S. The van der Waals surface area contributed by atoms with Crippen molar-refractivity contribution in [3.8, 4) is 0 Å². The summed E-state index contributed by atoms with van der Waals surface area (Å²) in [6.45, 7) is 3.68. The van der Waals surface area contributed by atoms with Crippen LogP contribution in [-0.4, -0.2) is 50.4 Å². The fourth-order valence-electron chi connectivity index (χ4n) is 2.86. The van der Waals surface area contributed by atoms with Crippen molar-refractivity contribution in [1.82, 2.24) is 19.8 Å². The molecule has 0 bridgehead atoms. The molecule has 4 rings (SSSR count). The maximum absolute atomic E-state index is 5.99. The molecule has 4 atom stereocenters. The van der Waals surface area contributed by atoms with Crippen LogP contribution >= 0.6 is 23.6 Å². The highest BCUT2D eigenvalue weighted by Gasteiger charge is 2.57. The lowest BCUT2D eigenvalue weighted by atomic mass is 10.1. The second-order valence-corrected chi connectivity index (χ2v) is 6.65. The van der Waals surface area contributed by atoms with Crippen molar-refractivity contribution in [3.63, 3.8) is 0 Å². The molecule has 124 valence electrons. The van der Waals surface area contributed by atoms with E-state index < -0.39 is 24.3 Å². The van der Waals surface area contributed by atoms with Crippen LogP contribution in [0.15, 0.2) is 12.1 Å². The van der Waals surface area contributed by atoms with Gasteiger partial charge in [0.1, 0.15) is 17.4 Å². The number of rotatable bonds is 3.